The molecule has 1 aliphatic carbocycles. The SMILES string of the molecule is O=C(O)C1=CCCc2cc(Sc3cccc(F)c3)ccc21. The third-order valence-corrected chi connectivity index (χ3v) is 4.37. The van der Waals surface area contributed by atoms with E-state index in [0.717, 1.165) is 33.8 Å². The van der Waals surface area contributed by atoms with Crippen molar-refractivity contribution < 1.29 is 14.3 Å². The normalized spacial score (nSPS) is 13.5. The summed E-state index contributed by atoms with van der Waals surface area (Å²) in [6.07, 6.45) is 3.34. The van der Waals surface area contributed by atoms with Gasteiger partial charge in [-0.05, 0) is 54.3 Å². The molecule has 0 radical (unpaired) electrons. The van der Waals surface area contributed by atoms with E-state index in [2.05, 4.69) is 0 Å². The number of aryl methyl sites for hydroxylation is 1. The molecule has 0 fully saturated rings. The molecule has 0 saturated carbocycles. The second-order valence-corrected chi connectivity index (χ2v) is 5.99. The summed E-state index contributed by atoms with van der Waals surface area (Å²) in [6.45, 7) is 0. The van der Waals surface area contributed by atoms with Crippen molar-refractivity contribution in [2.75, 3.05) is 0 Å². The molecule has 3 rings (SSSR count). The summed E-state index contributed by atoms with van der Waals surface area (Å²) in [4.78, 5) is 13.0. The van der Waals surface area contributed by atoms with Crippen LogP contribution in [-0.2, 0) is 11.2 Å². The van der Waals surface area contributed by atoms with Crippen LogP contribution >= 0.6 is 11.8 Å². The molecule has 1 N–H and O–H groups in total. The van der Waals surface area contributed by atoms with Crippen LogP contribution in [0.3, 0.4) is 0 Å². The predicted octanol–water partition coefficient (Wildman–Crippen LogP) is 4.39. The van der Waals surface area contributed by atoms with E-state index < -0.39 is 5.97 Å². The molecule has 0 spiro atoms. The second-order valence-electron chi connectivity index (χ2n) is 4.84. The van der Waals surface area contributed by atoms with Crippen molar-refractivity contribution in [3.63, 3.8) is 0 Å². The molecular formula is C17H13FO2S. The van der Waals surface area contributed by atoms with Gasteiger partial charge in [0.1, 0.15) is 5.82 Å². The Morgan fingerprint density at radius 1 is 1.14 bits per heavy atom. The Labute approximate surface area is 126 Å². The minimum Gasteiger partial charge on any atom is -0.478 e. The molecule has 2 aromatic rings. The van der Waals surface area contributed by atoms with Gasteiger partial charge in [-0.15, -0.1) is 0 Å². The maximum absolute atomic E-state index is 13.2. The number of hydrogen-bond acceptors (Lipinski definition) is 2. The maximum atomic E-state index is 13.2. The average molecular weight is 300 g/mol. The first-order chi connectivity index (χ1) is 10.1. The van der Waals surface area contributed by atoms with E-state index >= 15 is 0 Å². The highest BCUT2D eigenvalue weighted by Crippen LogP contribution is 2.33. The van der Waals surface area contributed by atoms with Gasteiger partial charge in [0.25, 0.3) is 0 Å². The van der Waals surface area contributed by atoms with Gasteiger partial charge in [-0.3, -0.25) is 0 Å². The van der Waals surface area contributed by atoms with Crippen molar-refractivity contribution in [2.24, 2.45) is 0 Å². The third-order valence-electron chi connectivity index (χ3n) is 3.39. The van der Waals surface area contributed by atoms with Crippen molar-refractivity contribution in [3.05, 3.63) is 65.5 Å². The first-order valence-corrected chi connectivity index (χ1v) is 7.45. The smallest absolute Gasteiger partial charge is 0.335 e. The lowest BCUT2D eigenvalue weighted by atomic mass is 9.91. The van der Waals surface area contributed by atoms with E-state index in [4.69, 9.17) is 0 Å². The van der Waals surface area contributed by atoms with Crippen LogP contribution in [0, 0.1) is 5.82 Å². The lowest BCUT2D eigenvalue weighted by molar-refractivity contribution is -0.130. The van der Waals surface area contributed by atoms with Gasteiger partial charge >= 0.3 is 5.97 Å². The minimum atomic E-state index is -0.888. The Hall–Kier alpha value is -2.07. The number of carboxylic acid groups (broad SMARTS) is 1. The van der Waals surface area contributed by atoms with Crippen molar-refractivity contribution >= 4 is 23.3 Å². The molecule has 4 heteroatoms. The number of carboxylic acids is 1. The van der Waals surface area contributed by atoms with Crippen LogP contribution in [0.5, 0.6) is 0 Å². The van der Waals surface area contributed by atoms with Crippen LogP contribution in [-0.4, -0.2) is 11.1 Å². The fourth-order valence-corrected chi connectivity index (χ4v) is 3.38. The summed E-state index contributed by atoms with van der Waals surface area (Å²) in [7, 11) is 0. The Morgan fingerprint density at radius 2 is 1.95 bits per heavy atom. The van der Waals surface area contributed by atoms with Gasteiger partial charge in [0, 0.05) is 9.79 Å². The van der Waals surface area contributed by atoms with E-state index in [1.165, 1.54) is 23.9 Å². The lowest BCUT2D eigenvalue weighted by Gasteiger charge is -2.16. The Balaban J connectivity index is 1.90. The zero-order valence-corrected chi connectivity index (χ0v) is 12.0. The van der Waals surface area contributed by atoms with E-state index in [-0.39, 0.29) is 5.82 Å². The summed E-state index contributed by atoms with van der Waals surface area (Å²) < 4.78 is 13.2. The maximum Gasteiger partial charge on any atom is 0.335 e. The molecule has 1 aliphatic rings. The van der Waals surface area contributed by atoms with Gasteiger partial charge in [0.2, 0.25) is 0 Å². The van der Waals surface area contributed by atoms with Crippen LogP contribution in [0.1, 0.15) is 17.5 Å². The summed E-state index contributed by atoms with van der Waals surface area (Å²) >= 11 is 1.48. The number of fused-ring (bicyclic) bond motifs is 1. The molecule has 0 aliphatic heterocycles. The lowest BCUT2D eigenvalue weighted by Crippen LogP contribution is -2.07. The fraction of sp³-hybridized carbons (Fsp3) is 0.118. The number of hydrogen-bond donors (Lipinski definition) is 1. The Kier molecular flexibility index (Phi) is 3.80. The number of rotatable bonds is 3. The quantitative estimate of drug-likeness (QED) is 0.913. The van der Waals surface area contributed by atoms with Gasteiger partial charge in [-0.25, -0.2) is 9.18 Å². The van der Waals surface area contributed by atoms with E-state index in [1.54, 1.807) is 12.1 Å². The van der Waals surface area contributed by atoms with E-state index in [0.29, 0.717) is 5.57 Å². The van der Waals surface area contributed by atoms with Crippen molar-refractivity contribution in [1.82, 2.24) is 0 Å². The first kappa shape index (κ1) is 13.9. The highest BCUT2D eigenvalue weighted by atomic mass is 32.2. The molecule has 0 atom stereocenters. The van der Waals surface area contributed by atoms with Crippen LogP contribution < -0.4 is 0 Å². The number of allylic oxidation sites excluding steroid dienone is 1. The monoisotopic (exact) mass is 300 g/mol. The number of aliphatic carboxylic acids is 1. The van der Waals surface area contributed by atoms with Crippen LogP contribution in [0.2, 0.25) is 0 Å². The van der Waals surface area contributed by atoms with Crippen molar-refractivity contribution in [3.8, 4) is 0 Å². The fourth-order valence-electron chi connectivity index (χ4n) is 2.45. The molecule has 0 aromatic heterocycles. The van der Waals surface area contributed by atoms with E-state index in [1.807, 2.05) is 24.3 Å². The van der Waals surface area contributed by atoms with E-state index in [9.17, 15) is 14.3 Å². The highest BCUT2D eigenvalue weighted by molar-refractivity contribution is 7.99. The molecule has 0 bridgehead atoms. The van der Waals surface area contributed by atoms with Gasteiger partial charge < -0.3 is 5.11 Å². The molecule has 2 aromatic carbocycles. The van der Waals surface area contributed by atoms with Crippen molar-refractivity contribution in [2.45, 2.75) is 22.6 Å². The molecule has 21 heavy (non-hydrogen) atoms. The zero-order valence-electron chi connectivity index (χ0n) is 11.2. The summed E-state index contributed by atoms with van der Waals surface area (Å²) in [5, 5.41) is 9.20. The summed E-state index contributed by atoms with van der Waals surface area (Å²) in [5.74, 6) is -1.14. The number of benzene rings is 2. The molecule has 0 amide bonds. The topological polar surface area (TPSA) is 37.3 Å². The molecule has 0 unspecified atom stereocenters. The molecule has 0 heterocycles. The summed E-state index contributed by atoms with van der Waals surface area (Å²) in [6, 6.07) is 12.2. The van der Waals surface area contributed by atoms with Crippen molar-refractivity contribution in [1.29, 1.82) is 0 Å². The molecule has 0 saturated heterocycles. The number of carbonyl (C=O) groups is 1. The highest BCUT2D eigenvalue weighted by Gasteiger charge is 2.18. The zero-order chi connectivity index (χ0) is 14.8. The standard InChI is InChI=1S/C17H13FO2S/c18-12-4-2-5-13(10-12)21-14-7-8-15-11(9-14)3-1-6-16(15)17(19)20/h2,4-10H,1,3H2,(H,19,20). The molecule has 106 valence electrons. The van der Waals surface area contributed by atoms with Gasteiger partial charge in [0.15, 0.2) is 0 Å². The predicted molar refractivity (Wildman–Crippen MR) is 80.9 cm³/mol. The first-order valence-electron chi connectivity index (χ1n) is 6.63. The molecule has 2 nitrogen and oxygen atoms in total. The van der Waals surface area contributed by atoms with Crippen LogP contribution in [0.15, 0.2) is 58.3 Å². The van der Waals surface area contributed by atoms with Gasteiger partial charge in [-0.2, -0.15) is 0 Å². The Bertz CT molecular complexity index is 737. The van der Waals surface area contributed by atoms with Gasteiger partial charge in [0.05, 0.1) is 5.57 Å². The summed E-state index contributed by atoms with van der Waals surface area (Å²) in [5.41, 5.74) is 2.20. The molecular weight excluding hydrogens is 287 g/mol. The Morgan fingerprint density at radius 3 is 2.71 bits per heavy atom. The second kappa shape index (κ2) is 5.74. The van der Waals surface area contributed by atoms with Gasteiger partial charge in [-0.1, -0.05) is 30.0 Å². The minimum absolute atomic E-state index is 0.256. The average Bonchev–Trinajstić information content (AvgIpc) is 2.46. The largest absolute Gasteiger partial charge is 0.478 e. The van der Waals surface area contributed by atoms with Crippen LogP contribution in [0.4, 0.5) is 4.39 Å². The number of halogens is 1. The van der Waals surface area contributed by atoms with Crippen LogP contribution in [0.25, 0.3) is 5.57 Å². The third kappa shape index (κ3) is 3.00.